The van der Waals surface area contributed by atoms with Gasteiger partial charge in [0, 0.05) is 11.8 Å². The summed E-state index contributed by atoms with van der Waals surface area (Å²) in [5.41, 5.74) is 1.01. The predicted octanol–water partition coefficient (Wildman–Crippen LogP) is 3.07. The molecule has 19 heavy (non-hydrogen) atoms. The number of carbonyl (C=O) groups is 1. The fourth-order valence-electron chi connectivity index (χ4n) is 1.72. The van der Waals surface area contributed by atoms with Gasteiger partial charge in [0.05, 0.1) is 5.75 Å². The largest absolute Gasteiger partial charge is 0.455 e. The van der Waals surface area contributed by atoms with Gasteiger partial charge in [-0.1, -0.05) is 13.3 Å². The third-order valence-corrected chi connectivity index (χ3v) is 3.14. The van der Waals surface area contributed by atoms with E-state index in [1.54, 1.807) is 17.8 Å². The van der Waals surface area contributed by atoms with Gasteiger partial charge in [-0.15, -0.1) is 0 Å². The number of thioether (sulfide) groups is 1. The molecule has 0 radical (unpaired) electrons. The monoisotopic (exact) mass is 279 g/mol. The number of H-pyrrole nitrogens is 1. The van der Waals surface area contributed by atoms with Crippen LogP contribution in [0.15, 0.2) is 22.6 Å². The van der Waals surface area contributed by atoms with E-state index in [2.05, 4.69) is 22.4 Å². The highest BCUT2D eigenvalue weighted by Crippen LogP contribution is 2.15. The lowest BCUT2D eigenvalue weighted by atomic mass is 10.2. The van der Waals surface area contributed by atoms with Gasteiger partial charge < -0.3 is 9.73 Å². The molecule has 0 aliphatic rings. The molecule has 6 heteroatoms. The molecule has 0 atom stereocenters. The fraction of sp³-hybridized carbons (Fsp3) is 0.385. The molecule has 0 saturated heterocycles. The fourth-order valence-corrected chi connectivity index (χ4v) is 2.16. The zero-order valence-corrected chi connectivity index (χ0v) is 11.8. The van der Waals surface area contributed by atoms with Crippen LogP contribution in [0, 0.1) is 0 Å². The Bertz CT molecular complexity index is 548. The molecule has 2 aromatic heterocycles. The SMILES string of the molecule is CCCc1cc(NC(=O)c2ccc(CSC)o2)n[nH]1. The number of aromatic nitrogens is 2. The first-order valence-electron chi connectivity index (χ1n) is 6.16. The van der Waals surface area contributed by atoms with Gasteiger partial charge in [-0.25, -0.2) is 0 Å². The molecular weight excluding hydrogens is 262 g/mol. The Morgan fingerprint density at radius 3 is 3.11 bits per heavy atom. The maximum atomic E-state index is 11.9. The number of aromatic amines is 1. The topological polar surface area (TPSA) is 70.9 Å². The summed E-state index contributed by atoms with van der Waals surface area (Å²) in [6.07, 6.45) is 3.94. The molecule has 0 bridgehead atoms. The molecular formula is C13H17N3O2S. The Morgan fingerprint density at radius 1 is 1.53 bits per heavy atom. The van der Waals surface area contributed by atoms with Crippen LogP contribution in [-0.2, 0) is 12.2 Å². The molecule has 2 heterocycles. The Morgan fingerprint density at radius 2 is 2.37 bits per heavy atom. The van der Waals surface area contributed by atoms with Crippen LogP contribution in [0.5, 0.6) is 0 Å². The first kappa shape index (κ1) is 13.7. The van der Waals surface area contributed by atoms with Crippen molar-refractivity contribution in [3.05, 3.63) is 35.4 Å². The number of aryl methyl sites for hydroxylation is 1. The molecule has 102 valence electrons. The van der Waals surface area contributed by atoms with Crippen molar-refractivity contribution in [2.75, 3.05) is 11.6 Å². The number of carbonyl (C=O) groups excluding carboxylic acids is 1. The van der Waals surface area contributed by atoms with E-state index in [-0.39, 0.29) is 5.91 Å². The average molecular weight is 279 g/mol. The summed E-state index contributed by atoms with van der Waals surface area (Å²) in [4.78, 5) is 11.9. The molecule has 1 amide bonds. The number of hydrogen-bond acceptors (Lipinski definition) is 4. The van der Waals surface area contributed by atoms with Gasteiger partial charge >= 0.3 is 0 Å². The van der Waals surface area contributed by atoms with Crippen molar-refractivity contribution in [3.8, 4) is 0 Å². The summed E-state index contributed by atoms with van der Waals surface area (Å²) in [7, 11) is 0. The van der Waals surface area contributed by atoms with Crippen molar-refractivity contribution in [3.63, 3.8) is 0 Å². The highest BCUT2D eigenvalue weighted by Gasteiger charge is 2.12. The van der Waals surface area contributed by atoms with Crippen LogP contribution < -0.4 is 5.32 Å². The predicted molar refractivity (Wildman–Crippen MR) is 76.5 cm³/mol. The second kappa shape index (κ2) is 6.47. The van der Waals surface area contributed by atoms with Gasteiger partial charge in [0.25, 0.3) is 5.91 Å². The van der Waals surface area contributed by atoms with Crippen molar-refractivity contribution >= 4 is 23.5 Å². The van der Waals surface area contributed by atoms with E-state index >= 15 is 0 Å². The Hall–Kier alpha value is -1.69. The smallest absolute Gasteiger partial charge is 0.292 e. The zero-order valence-electron chi connectivity index (χ0n) is 11.0. The van der Waals surface area contributed by atoms with Crippen LogP contribution in [0.25, 0.3) is 0 Å². The van der Waals surface area contributed by atoms with Crippen LogP contribution in [0.4, 0.5) is 5.82 Å². The van der Waals surface area contributed by atoms with E-state index in [9.17, 15) is 4.79 Å². The van der Waals surface area contributed by atoms with E-state index in [1.807, 2.05) is 18.4 Å². The van der Waals surface area contributed by atoms with Gasteiger partial charge in [-0.05, 0) is 24.8 Å². The first-order chi connectivity index (χ1) is 9.22. The highest BCUT2D eigenvalue weighted by molar-refractivity contribution is 7.97. The third kappa shape index (κ3) is 3.64. The van der Waals surface area contributed by atoms with Crippen molar-refractivity contribution in [1.82, 2.24) is 10.2 Å². The lowest BCUT2D eigenvalue weighted by Gasteiger charge is -1.97. The van der Waals surface area contributed by atoms with Crippen molar-refractivity contribution in [2.24, 2.45) is 0 Å². The van der Waals surface area contributed by atoms with Gasteiger partial charge in [0.15, 0.2) is 11.6 Å². The molecule has 2 aromatic rings. The molecule has 0 aliphatic heterocycles. The van der Waals surface area contributed by atoms with E-state index in [0.717, 1.165) is 30.0 Å². The number of nitrogens with zero attached hydrogens (tertiary/aromatic N) is 1. The minimum Gasteiger partial charge on any atom is -0.455 e. The van der Waals surface area contributed by atoms with E-state index in [0.29, 0.717) is 11.6 Å². The standard InChI is InChI=1S/C13H17N3O2S/c1-3-4-9-7-12(16-15-9)14-13(17)11-6-5-10(18-11)8-19-2/h5-7H,3-4,8H2,1-2H3,(H2,14,15,16,17). The van der Waals surface area contributed by atoms with E-state index < -0.39 is 0 Å². The van der Waals surface area contributed by atoms with Crippen LogP contribution >= 0.6 is 11.8 Å². The summed E-state index contributed by atoms with van der Waals surface area (Å²) < 4.78 is 5.44. The van der Waals surface area contributed by atoms with Crippen molar-refractivity contribution < 1.29 is 9.21 Å². The highest BCUT2D eigenvalue weighted by atomic mass is 32.2. The lowest BCUT2D eigenvalue weighted by Crippen LogP contribution is -2.11. The number of rotatable bonds is 6. The summed E-state index contributed by atoms with van der Waals surface area (Å²) in [6.45, 7) is 2.09. The van der Waals surface area contributed by atoms with Gasteiger partial charge in [-0.3, -0.25) is 9.89 Å². The normalized spacial score (nSPS) is 10.6. The minimum absolute atomic E-state index is 0.276. The lowest BCUT2D eigenvalue weighted by molar-refractivity contribution is 0.0995. The Labute approximate surface area is 116 Å². The van der Waals surface area contributed by atoms with Crippen LogP contribution in [0.3, 0.4) is 0 Å². The second-order valence-electron chi connectivity index (χ2n) is 4.18. The van der Waals surface area contributed by atoms with Gasteiger partial charge in [0.1, 0.15) is 5.76 Å². The molecule has 0 aliphatic carbocycles. The molecule has 2 rings (SSSR count). The molecule has 0 aromatic carbocycles. The zero-order chi connectivity index (χ0) is 13.7. The number of hydrogen-bond donors (Lipinski definition) is 2. The summed E-state index contributed by atoms with van der Waals surface area (Å²) >= 11 is 1.65. The Kier molecular flexibility index (Phi) is 4.68. The summed E-state index contributed by atoms with van der Waals surface area (Å²) in [6, 6.07) is 5.34. The second-order valence-corrected chi connectivity index (χ2v) is 5.05. The van der Waals surface area contributed by atoms with Gasteiger partial charge in [-0.2, -0.15) is 16.9 Å². The maximum Gasteiger partial charge on any atom is 0.292 e. The number of nitrogens with one attached hydrogen (secondary N) is 2. The van der Waals surface area contributed by atoms with E-state index in [1.165, 1.54) is 0 Å². The molecule has 5 nitrogen and oxygen atoms in total. The van der Waals surface area contributed by atoms with Crippen molar-refractivity contribution in [1.29, 1.82) is 0 Å². The average Bonchev–Trinajstić information content (AvgIpc) is 3.00. The quantitative estimate of drug-likeness (QED) is 0.852. The number of anilines is 1. The van der Waals surface area contributed by atoms with Gasteiger partial charge in [0.2, 0.25) is 0 Å². The van der Waals surface area contributed by atoms with Crippen LogP contribution in [0.2, 0.25) is 0 Å². The molecule has 2 N–H and O–H groups in total. The summed E-state index contributed by atoms with van der Waals surface area (Å²) in [5.74, 6) is 2.12. The molecule has 0 unspecified atom stereocenters. The summed E-state index contributed by atoms with van der Waals surface area (Å²) in [5, 5.41) is 9.64. The van der Waals surface area contributed by atoms with Crippen LogP contribution in [0.1, 0.15) is 35.4 Å². The van der Waals surface area contributed by atoms with Crippen LogP contribution in [-0.4, -0.2) is 22.4 Å². The van der Waals surface area contributed by atoms with Crippen molar-refractivity contribution in [2.45, 2.75) is 25.5 Å². The molecule has 0 saturated carbocycles. The number of amides is 1. The van der Waals surface area contributed by atoms with E-state index in [4.69, 9.17) is 4.42 Å². The third-order valence-electron chi connectivity index (χ3n) is 2.56. The number of furan rings is 1. The Balaban J connectivity index is 1.98. The minimum atomic E-state index is -0.276. The molecule has 0 spiro atoms. The maximum absolute atomic E-state index is 11.9. The first-order valence-corrected chi connectivity index (χ1v) is 7.55. The molecule has 0 fully saturated rings.